The molecule has 0 bridgehead atoms. The summed E-state index contributed by atoms with van der Waals surface area (Å²) in [5, 5.41) is 14.1. The second kappa shape index (κ2) is 8.11. The first-order valence-electron chi connectivity index (χ1n) is 6.25. The number of nitrogens with zero attached hydrogens (tertiary/aromatic N) is 1. The minimum absolute atomic E-state index is 0.0934. The van der Waals surface area contributed by atoms with Crippen LogP contribution in [0.4, 0.5) is 5.69 Å². The van der Waals surface area contributed by atoms with E-state index < -0.39 is 0 Å². The van der Waals surface area contributed by atoms with Gasteiger partial charge in [0, 0.05) is 18.2 Å². The fraction of sp³-hybridized carbons (Fsp3) is 0.429. The van der Waals surface area contributed by atoms with Crippen LogP contribution in [0.3, 0.4) is 0 Å². The molecule has 0 spiro atoms. The Labute approximate surface area is 113 Å². The summed E-state index contributed by atoms with van der Waals surface area (Å²) >= 11 is 0. The molecule has 0 radical (unpaired) electrons. The first-order valence-corrected chi connectivity index (χ1v) is 6.25. The highest BCUT2D eigenvalue weighted by Gasteiger charge is 2.10. The van der Waals surface area contributed by atoms with Crippen molar-refractivity contribution in [3.05, 3.63) is 24.3 Å². The Balaban J connectivity index is 2.52. The number of benzene rings is 1. The zero-order valence-corrected chi connectivity index (χ0v) is 11.3. The molecule has 1 atom stereocenters. The fourth-order valence-electron chi connectivity index (χ4n) is 1.39. The summed E-state index contributed by atoms with van der Waals surface area (Å²) in [6.45, 7) is 2.29. The summed E-state index contributed by atoms with van der Waals surface area (Å²) in [5.41, 5.74) is 0.699. The highest BCUT2D eigenvalue weighted by atomic mass is 16.5. The van der Waals surface area contributed by atoms with E-state index in [1.807, 2.05) is 18.2 Å². The molecule has 102 valence electrons. The predicted octanol–water partition coefficient (Wildman–Crippen LogP) is 1.92. The van der Waals surface area contributed by atoms with Crippen LogP contribution < -0.4 is 15.4 Å². The van der Waals surface area contributed by atoms with Crippen LogP contribution in [-0.2, 0) is 4.79 Å². The average Bonchev–Trinajstić information content (AvgIpc) is 2.43. The Hall–Kier alpha value is -2.06. The molecule has 0 heterocycles. The number of unbranched alkanes of at least 4 members (excludes halogenated alkanes) is 1. The van der Waals surface area contributed by atoms with Gasteiger partial charge >= 0.3 is 0 Å². The van der Waals surface area contributed by atoms with Gasteiger partial charge in [0.25, 0.3) is 0 Å². The van der Waals surface area contributed by atoms with Crippen molar-refractivity contribution in [1.82, 2.24) is 5.32 Å². The van der Waals surface area contributed by atoms with Crippen molar-refractivity contribution < 1.29 is 9.53 Å². The number of nitriles is 1. The molecule has 0 aliphatic carbocycles. The van der Waals surface area contributed by atoms with Gasteiger partial charge in [-0.2, -0.15) is 5.26 Å². The van der Waals surface area contributed by atoms with Crippen LogP contribution in [0, 0.1) is 11.3 Å². The Morgan fingerprint density at radius 3 is 3.00 bits per heavy atom. The number of rotatable bonds is 7. The van der Waals surface area contributed by atoms with Gasteiger partial charge in [0.05, 0.1) is 18.7 Å². The van der Waals surface area contributed by atoms with Crippen LogP contribution in [0.5, 0.6) is 5.75 Å². The number of likely N-dealkylation sites (N-methyl/N-ethyl adjacent to an activating group) is 1. The first-order chi connectivity index (χ1) is 9.17. The molecule has 2 N–H and O–H groups in total. The molecule has 0 saturated carbocycles. The number of hydrogen-bond donors (Lipinski definition) is 2. The molecule has 1 aromatic rings. The molecule has 0 fully saturated rings. The van der Waals surface area contributed by atoms with Gasteiger partial charge < -0.3 is 15.4 Å². The smallest absolute Gasteiger partial charge is 0.241 e. The second-order valence-corrected chi connectivity index (χ2v) is 4.14. The number of carbonyl (C=O) groups is 1. The number of ether oxygens (including phenoxy) is 1. The van der Waals surface area contributed by atoms with Crippen LogP contribution in [0.1, 0.15) is 19.8 Å². The summed E-state index contributed by atoms with van der Waals surface area (Å²) in [6, 6.07) is 9.04. The van der Waals surface area contributed by atoms with Gasteiger partial charge in [0.1, 0.15) is 5.75 Å². The lowest BCUT2D eigenvalue weighted by atomic mass is 10.2. The molecule has 0 aromatic heterocycles. The van der Waals surface area contributed by atoms with Crippen molar-refractivity contribution in [2.45, 2.75) is 25.8 Å². The molecule has 1 rings (SSSR count). The van der Waals surface area contributed by atoms with E-state index in [1.54, 1.807) is 20.0 Å². The van der Waals surface area contributed by atoms with E-state index in [4.69, 9.17) is 10.00 Å². The van der Waals surface area contributed by atoms with Crippen LogP contribution in [0.25, 0.3) is 0 Å². The van der Waals surface area contributed by atoms with E-state index in [1.165, 1.54) is 0 Å². The SMILES string of the molecule is CNC(C)C(=O)Nc1cccc(OCCCC#N)c1. The molecule has 1 unspecified atom stereocenters. The van der Waals surface area contributed by atoms with E-state index in [0.717, 1.165) is 0 Å². The van der Waals surface area contributed by atoms with Gasteiger partial charge in [0.2, 0.25) is 5.91 Å². The zero-order chi connectivity index (χ0) is 14.1. The van der Waals surface area contributed by atoms with E-state index in [2.05, 4.69) is 16.7 Å². The molecule has 0 aliphatic rings. The maximum absolute atomic E-state index is 11.7. The number of amides is 1. The Morgan fingerprint density at radius 2 is 2.32 bits per heavy atom. The Morgan fingerprint density at radius 1 is 1.53 bits per heavy atom. The fourth-order valence-corrected chi connectivity index (χ4v) is 1.39. The monoisotopic (exact) mass is 261 g/mol. The van der Waals surface area contributed by atoms with Gasteiger partial charge in [-0.15, -0.1) is 0 Å². The maximum Gasteiger partial charge on any atom is 0.241 e. The quantitative estimate of drug-likeness (QED) is 0.735. The number of anilines is 1. The highest BCUT2D eigenvalue weighted by molar-refractivity contribution is 5.94. The van der Waals surface area contributed by atoms with Crippen LogP contribution in [0.15, 0.2) is 24.3 Å². The van der Waals surface area contributed by atoms with Gasteiger partial charge in [-0.1, -0.05) is 6.07 Å². The van der Waals surface area contributed by atoms with Crippen molar-refractivity contribution in [3.63, 3.8) is 0 Å². The third-order valence-electron chi connectivity index (χ3n) is 2.63. The summed E-state index contributed by atoms with van der Waals surface area (Å²) in [5.74, 6) is 0.594. The van der Waals surface area contributed by atoms with Crippen LogP contribution >= 0.6 is 0 Å². The number of nitrogens with one attached hydrogen (secondary N) is 2. The Bertz CT molecular complexity index is 454. The van der Waals surface area contributed by atoms with Crippen LogP contribution in [-0.4, -0.2) is 25.6 Å². The summed E-state index contributed by atoms with van der Waals surface area (Å²) < 4.78 is 5.50. The molecular formula is C14H19N3O2. The minimum Gasteiger partial charge on any atom is -0.493 e. The summed E-state index contributed by atoms with van der Waals surface area (Å²) in [6.07, 6.45) is 1.18. The lowest BCUT2D eigenvalue weighted by Crippen LogP contribution is -2.35. The maximum atomic E-state index is 11.7. The number of carbonyl (C=O) groups excluding carboxylic acids is 1. The summed E-state index contributed by atoms with van der Waals surface area (Å²) in [4.78, 5) is 11.7. The predicted molar refractivity (Wildman–Crippen MR) is 73.9 cm³/mol. The molecule has 5 nitrogen and oxygen atoms in total. The van der Waals surface area contributed by atoms with Gasteiger partial charge in [-0.3, -0.25) is 4.79 Å². The normalized spacial score (nSPS) is 11.4. The zero-order valence-electron chi connectivity index (χ0n) is 11.3. The van der Waals surface area contributed by atoms with Gasteiger partial charge in [-0.25, -0.2) is 0 Å². The average molecular weight is 261 g/mol. The lowest BCUT2D eigenvalue weighted by molar-refractivity contribution is -0.117. The molecule has 5 heteroatoms. The molecule has 0 aliphatic heterocycles. The molecule has 19 heavy (non-hydrogen) atoms. The van der Waals surface area contributed by atoms with Crippen molar-refractivity contribution >= 4 is 11.6 Å². The van der Waals surface area contributed by atoms with E-state index in [9.17, 15) is 4.79 Å². The van der Waals surface area contributed by atoms with Gasteiger partial charge in [-0.05, 0) is 32.5 Å². The van der Waals surface area contributed by atoms with Crippen molar-refractivity contribution in [2.75, 3.05) is 19.0 Å². The van der Waals surface area contributed by atoms with E-state index in [0.29, 0.717) is 30.9 Å². The van der Waals surface area contributed by atoms with Crippen molar-refractivity contribution in [3.8, 4) is 11.8 Å². The number of hydrogen-bond acceptors (Lipinski definition) is 4. The van der Waals surface area contributed by atoms with E-state index in [-0.39, 0.29) is 11.9 Å². The second-order valence-electron chi connectivity index (χ2n) is 4.14. The van der Waals surface area contributed by atoms with E-state index >= 15 is 0 Å². The molecule has 0 saturated heterocycles. The largest absolute Gasteiger partial charge is 0.493 e. The molecule has 1 amide bonds. The van der Waals surface area contributed by atoms with Crippen LogP contribution in [0.2, 0.25) is 0 Å². The third-order valence-corrected chi connectivity index (χ3v) is 2.63. The molecule has 1 aromatic carbocycles. The first kappa shape index (κ1) is 15.0. The Kier molecular flexibility index (Phi) is 6.41. The summed E-state index contributed by atoms with van der Waals surface area (Å²) in [7, 11) is 1.74. The topological polar surface area (TPSA) is 74.2 Å². The van der Waals surface area contributed by atoms with Crippen molar-refractivity contribution in [2.24, 2.45) is 0 Å². The standard InChI is InChI=1S/C14H19N3O2/c1-11(16-2)14(18)17-12-6-5-7-13(10-12)19-9-4-3-8-15/h5-7,10-11,16H,3-4,9H2,1-2H3,(H,17,18). The van der Waals surface area contributed by atoms with Crippen molar-refractivity contribution in [1.29, 1.82) is 5.26 Å². The lowest BCUT2D eigenvalue weighted by Gasteiger charge is -2.12. The third kappa shape index (κ3) is 5.40. The van der Waals surface area contributed by atoms with Gasteiger partial charge in [0.15, 0.2) is 0 Å². The minimum atomic E-state index is -0.250. The highest BCUT2D eigenvalue weighted by Crippen LogP contribution is 2.17. The molecular weight excluding hydrogens is 242 g/mol.